The molecule has 182 valence electrons. The van der Waals surface area contributed by atoms with Gasteiger partial charge in [-0.05, 0) is 55.2 Å². The summed E-state index contributed by atoms with van der Waals surface area (Å²) in [6.45, 7) is 2.02. The number of amides is 2. The van der Waals surface area contributed by atoms with Crippen molar-refractivity contribution < 1.29 is 22.7 Å². The third-order valence-corrected chi connectivity index (χ3v) is 8.00. The number of piperazine rings is 1. The SMILES string of the molecule is COc1ccccc1NS(=O)(=O)c1ccc(C(=O)N2CCN(C(=O)CC3CCCC3)CC2)cc1. The van der Waals surface area contributed by atoms with Crippen molar-refractivity contribution in [2.45, 2.75) is 37.0 Å². The van der Waals surface area contributed by atoms with Crippen LogP contribution in [0.4, 0.5) is 5.69 Å². The lowest BCUT2D eigenvalue weighted by Crippen LogP contribution is -2.50. The van der Waals surface area contributed by atoms with Crippen LogP contribution in [0.25, 0.3) is 0 Å². The van der Waals surface area contributed by atoms with Gasteiger partial charge in [-0.15, -0.1) is 0 Å². The predicted molar refractivity (Wildman–Crippen MR) is 129 cm³/mol. The number of benzene rings is 2. The highest BCUT2D eigenvalue weighted by atomic mass is 32.2. The maximum Gasteiger partial charge on any atom is 0.262 e. The normalized spacial score (nSPS) is 17.0. The maximum atomic E-state index is 12.9. The molecule has 9 heteroatoms. The summed E-state index contributed by atoms with van der Waals surface area (Å²) < 4.78 is 33.3. The van der Waals surface area contributed by atoms with E-state index in [0.29, 0.717) is 55.5 Å². The molecule has 34 heavy (non-hydrogen) atoms. The number of rotatable bonds is 7. The first kappa shape index (κ1) is 24.1. The highest BCUT2D eigenvalue weighted by Gasteiger charge is 2.27. The molecule has 2 amide bonds. The van der Waals surface area contributed by atoms with E-state index in [2.05, 4.69) is 4.72 Å². The van der Waals surface area contributed by atoms with Crippen molar-refractivity contribution in [3.05, 3.63) is 54.1 Å². The van der Waals surface area contributed by atoms with Crippen LogP contribution in [0.15, 0.2) is 53.4 Å². The fourth-order valence-corrected chi connectivity index (χ4v) is 5.71. The lowest BCUT2D eigenvalue weighted by Gasteiger charge is -2.35. The molecule has 1 saturated carbocycles. The van der Waals surface area contributed by atoms with Gasteiger partial charge in [0, 0.05) is 38.2 Å². The Morgan fingerprint density at radius 1 is 0.941 bits per heavy atom. The molecule has 1 aliphatic carbocycles. The summed E-state index contributed by atoms with van der Waals surface area (Å²) in [5.74, 6) is 0.957. The van der Waals surface area contributed by atoms with Crippen LogP contribution in [0.3, 0.4) is 0 Å². The molecule has 4 rings (SSSR count). The summed E-state index contributed by atoms with van der Waals surface area (Å²) in [6, 6.07) is 12.6. The van der Waals surface area contributed by atoms with Crippen molar-refractivity contribution >= 4 is 27.5 Å². The minimum absolute atomic E-state index is 0.0530. The Bertz CT molecular complexity index is 1120. The van der Waals surface area contributed by atoms with Crippen molar-refractivity contribution in [2.24, 2.45) is 5.92 Å². The molecule has 0 atom stereocenters. The first-order chi connectivity index (χ1) is 16.4. The zero-order valence-electron chi connectivity index (χ0n) is 19.4. The zero-order chi connectivity index (χ0) is 24.1. The molecule has 0 bridgehead atoms. The van der Waals surface area contributed by atoms with Crippen molar-refractivity contribution in [1.82, 2.24) is 9.80 Å². The van der Waals surface area contributed by atoms with E-state index in [1.54, 1.807) is 29.2 Å². The number of nitrogens with zero attached hydrogens (tertiary/aromatic N) is 2. The van der Waals surface area contributed by atoms with Gasteiger partial charge in [-0.1, -0.05) is 25.0 Å². The summed E-state index contributed by atoms with van der Waals surface area (Å²) >= 11 is 0. The van der Waals surface area contributed by atoms with E-state index in [9.17, 15) is 18.0 Å². The molecular weight excluding hydrogens is 454 g/mol. The monoisotopic (exact) mass is 485 g/mol. The van der Waals surface area contributed by atoms with Gasteiger partial charge in [-0.2, -0.15) is 0 Å². The number of carbonyl (C=O) groups is 2. The molecule has 0 spiro atoms. The van der Waals surface area contributed by atoms with Crippen molar-refractivity contribution in [2.75, 3.05) is 38.0 Å². The van der Waals surface area contributed by atoms with Gasteiger partial charge in [0.05, 0.1) is 17.7 Å². The Labute approximate surface area is 200 Å². The molecule has 2 fully saturated rings. The van der Waals surface area contributed by atoms with Gasteiger partial charge in [0.25, 0.3) is 15.9 Å². The third-order valence-electron chi connectivity index (χ3n) is 6.62. The number of carbonyl (C=O) groups excluding carboxylic acids is 2. The van der Waals surface area contributed by atoms with E-state index < -0.39 is 10.0 Å². The van der Waals surface area contributed by atoms with Crippen LogP contribution in [0.1, 0.15) is 42.5 Å². The summed E-state index contributed by atoms with van der Waals surface area (Å²) in [5, 5.41) is 0. The van der Waals surface area contributed by atoms with Gasteiger partial charge in [0.15, 0.2) is 0 Å². The van der Waals surface area contributed by atoms with Gasteiger partial charge in [-0.25, -0.2) is 8.42 Å². The number of para-hydroxylation sites is 2. The predicted octanol–water partition coefficient (Wildman–Crippen LogP) is 3.36. The van der Waals surface area contributed by atoms with Crippen LogP contribution in [0.2, 0.25) is 0 Å². The quantitative estimate of drug-likeness (QED) is 0.649. The van der Waals surface area contributed by atoms with Gasteiger partial charge in [0.2, 0.25) is 5.91 Å². The van der Waals surface area contributed by atoms with Crippen LogP contribution >= 0.6 is 0 Å². The summed E-state index contributed by atoms with van der Waals surface area (Å²) in [7, 11) is -2.37. The highest BCUT2D eigenvalue weighted by Crippen LogP contribution is 2.28. The fraction of sp³-hybridized carbons (Fsp3) is 0.440. The minimum atomic E-state index is -3.84. The van der Waals surface area contributed by atoms with Crippen LogP contribution in [-0.4, -0.2) is 63.3 Å². The van der Waals surface area contributed by atoms with E-state index in [-0.39, 0.29) is 16.7 Å². The Morgan fingerprint density at radius 2 is 1.56 bits per heavy atom. The average Bonchev–Trinajstić information content (AvgIpc) is 3.37. The largest absolute Gasteiger partial charge is 0.495 e. The van der Waals surface area contributed by atoms with Crippen molar-refractivity contribution in [1.29, 1.82) is 0 Å². The van der Waals surface area contributed by atoms with Crippen LogP contribution in [0.5, 0.6) is 5.75 Å². The molecule has 1 aliphatic heterocycles. The molecule has 2 aromatic rings. The summed E-state index contributed by atoms with van der Waals surface area (Å²) in [6.07, 6.45) is 5.34. The Morgan fingerprint density at radius 3 is 2.21 bits per heavy atom. The third kappa shape index (κ3) is 5.52. The smallest absolute Gasteiger partial charge is 0.262 e. The zero-order valence-corrected chi connectivity index (χ0v) is 20.2. The molecule has 0 radical (unpaired) electrons. The fourth-order valence-electron chi connectivity index (χ4n) is 4.64. The van der Waals surface area contributed by atoms with Crippen LogP contribution in [-0.2, 0) is 14.8 Å². The number of sulfonamides is 1. The molecule has 1 saturated heterocycles. The average molecular weight is 486 g/mol. The van der Waals surface area contributed by atoms with E-state index >= 15 is 0 Å². The molecule has 1 N–H and O–H groups in total. The Hall–Kier alpha value is -3.07. The standard InChI is InChI=1S/C25H31N3O5S/c1-33-23-9-5-4-8-22(23)26-34(31,32)21-12-10-20(11-13-21)25(30)28-16-14-27(15-17-28)24(29)18-19-6-2-3-7-19/h4-5,8-13,19,26H,2-3,6-7,14-18H2,1H3. The molecule has 2 aliphatic rings. The first-order valence-corrected chi connectivity index (χ1v) is 13.2. The van der Waals surface area contributed by atoms with Gasteiger partial charge >= 0.3 is 0 Å². The van der Waals surface area contributed by atoms with Gasteiger partial charge in [0.1, 0.15) is 5.75 Å². The summed E-state index contributed by atoms with van der Waals surface area (Å²) in [4.78, 5) is 29.1. The van der Waals surface area contributed by atoms with E-state index in [0.717, 1.165) is 12.8 Å². The minimum Gasteiger partial charge on any atom is -0.495 e. The first-order valence-electron chi connectivity index (χ1n) is 11.7. The topological polar surface area (TPSA) is 96.0 Å². The van der Waals surface area contributed by atoms with Crippen LogP contribution in [0, 0.1) is 5.92 Å². The Balaban J connectivity index is 1.34. The molecule has 0 aromatic heterocycles. The molecule has 1 heterocycles. The van der Waals surface area contributed by atoms with E-state index in [1.807, 2.05) is 4.90 Å². The molecule has 8 nitrogen and oxygen atoms in total. The number of methoxy groups -OCH3 is 1. The van der Waals surface area contributed by atoms with Crippen LogP contribution < -0.4 is 9.46 Å². The lowest BCUT2D eigenvalue weighted by atomic mass is 10.0. The number of ether oxygens (including phenoxy) is 1. The van der Waals surface area contributed by atoms with Crippen molar-refractivity contribution in [3.63, 3.8) is 0 Å². The highest BCUT2D eigenvalue weighted by molar-refractivity contribution is 7.92. The maximum absolute atomic E-state index is 12.9. The second-order valence-corrected chi connectivity index (χ2v) is 10.5. The van der Waals surface area contributed by atoms with E-state index in [1.165, 1.54) is 44.2 Å². The Kier molecular flexibility index (Phi) is 7.41. The number of anilines is 1. The van der Waals surface area contributed by atoms with Gasteiger partial charge in [-0.3, -0.25) is 14.3 Å². The second kappa shape index (κ2) is 10.5. The number of hydrogen-bond donors (Lipinski definition) is 1. The van der Waals surface area contributed by atoms with Gasteiger partial charge < -0.3 is 14.5 Å². The summed E-state index contributed by atoms with van der Waals surface area (Å²) in [5.41, 5.74) is 0.757. The lowest BCUT2D eigenvalue weighted by molar-refractivity contribution is -0.133. The molecule has 0 unspecified atom stereocenters. The van der Waals surface area contributed by atoms with E-state index in [4.69, 9.17) is 4.74 Å². The number of hydrogen-bond acceptors (Lipinski definition) is 5. The number of nitrogens with one attached hydrogen (secondary N) is 1. The molecule has 2 aromatic carbocycles. The second-order valence-electron chi connectivity index (χ2n) is 8.86. The van der Waals surface area contributed by atoms with Crippen molar-refractivity contribution in [3.8, 4) is 5.75 Å². The molecular formula is C25H31N3O5S.